The number of methoxy groups -OCH3 is 1. The Morgan fingerprint density at radius 1 is 1.36 bits per heavy atom. The van der Waals surface area contributed by atoms with Crippen LogP contribution in [0.5, 0.6) is 5.75 Å². The standard InChI is InChI=1S/C27H32FN3O3S2/c1-34-19-4-5-22-20(13-19)26(18(15-29)16-30-22)21(28)6-7-27(14-25(32)33)8-10-31(11-9-27)17-23(35)24-3-2-12-36-24/h2-5,12-13,16,21H,6-11,14-15,17,29H2,1H3,(H,32,33)/t21-/m1/s1. The van der Waals surface area contributed by atoms with Gasteiger partial charge in [0.1, 0.15) is 11.9 Å². The second-order valence-electron chi connectivity index (χ2n) is 9.54. The number of nitrogens with two attached hydrogens (primary N) is 1. The topological polar surface area (TPSA) is 88.7 Å². The molecular weight excluding hydrogens is 497 g/mol. The van der Waals surface area contributed by atoms with Crippen molar-refractivity contribution in [2.24, 2.45) is 11.1 Å². The summed E-state index contributed by atoms with van der Waals surface area (Å²) in [6.07, 6.45) is 2.51. The minimum absolute atomic E-state index is 0.0393. The number of likely N-dealkylation sites (tertiary alicyclic amines) is 1. The van der Waals surface area contributed by atoms with Crippen LogP contribution in [-0.2, 0) is 11.3 Å². The lowest BCUT2D eigenvalue weighted by molar-refractivity contribution is -0.141. The number of carboxylic acids is 1. The summed E-state index contributed by atoms with van der Waals surface area (Å²) < 4.78 is 21.3. The van der Waals surface area contributed by atoms with Crippen molar-refractivity contribution in [3.63, 3.8) is 0 Å². The second kappa shape index (κ2) is 11.7. The monoisotopic (exact) mass is 529 g/mol. The minimum atomic E-state index is -1.28. The van der Waals surface area contributed by atoms with Crippen LogP contribution in [0.3, 0.4) is 0 Å². The van der Waals surface area contributed by atoms with Gasteiger partial charge in [-0.1, -0.05) is 18.3 Å². The number of halogens is 1. The van der Waals surface area contributed by atoms with Crippen molar-refractivity contribution in [3.8, 4) is 5.75 Å². The van der Waals surface area contributed by atoms with Gasteiger partial charge in [0.05, 0.1) is 19.0 Å². The molecule has 192 valence electrons. The molecule has 1 aliphatic rings. The highest BCUT2D eigenvalue weighted by molar-refractivity contribution is 7.81. The molecule has 0 spiro atoms. The molecule has 0 amide bonds. The molecule has 9 heteroatoms. The Morgan fingerprint density at radius 3 is 2.78 bits per heavy atom. The van der Waals surface area contributed by atoms with Gasteiger partial charge in [-0.05, 0) is 79.4 Å². The maximum Gasteiger partial charge on any atom is 0.303 e. The molecule has 4 rings (SSSR count). The van der Waals surface area contributed by atoms with Gasteiger partial charge in [0, 0.05) is 40.0 Å². The van der Waals surface area contributed by atoms with Gasteiger partial charge >= 0.3 is 5.97 Å². The molecule has 1 saturated heterocycles. The number of benzene rings is 1. The Balaban J connectivity index is 1.48. The highest BCUT2D eigenvalue weighted by atomic mass is 32.1. The lowest BCUT2D eigenvalue weighted by Gasteiger charge is -2.41. The first-order valence-electron chi connectivity index (χ1n) is 12.1. The number of piperidine rings is 1. The fourth-order valence-electron chi connectivity index (χ4n) is 5.21. The predicted molar refractivity (Wildman–Crippen MR) is 146 cm³/mol. The normalized spacial score (nSPS) is 16.6. The van der Waals surface area contributed by atoms with E-state index in [0.29, 0.717) is 53.6 Å². The molecule has 1 atom stereocenters. The largest absolute Gasteiger partial charge is 0.497 e. The van der Waals surface area contributed by atoms with Gasteiger partial charge in [0.15, 0.2) is 0 Å². The number of hydrogen-bond acceptors (Lipinski definition) is 7. The third-order valence-electron chi connectivity index (χ3n) is 7.27. The van der Waals surface area contributed by atoms with Gasteiger partial charge in [0.25, 0.3) is 0 Å². The van der Waals surface area contributed by atoms with Gasteiger partial charge in [-0.25, -0.2) is 4.39 Å². The molecule has 3 heterocycles. The van der Waals surface area contributed by atoms with Gasteiger partial charge < -0.3 is 15.6 Å². The number of thiophene rings is 1. The average Bonchev–Trinajstić information content (AvgIpc) is 3.42. The molecule has 36 heavy (non-hydrogen) atoms. The zero-order valence-electron chi connectivity index (χ0n) is 20.4. The molecule has 3 N–H and O–H groups in total. The van der Waals surface area contributed by atoms with Gasteiger partial charge in [-0.15, -0.1) is 11.3 Å². The lowest BCUT2D eigenvalue weighted by Crippen LogP contribution is -2.43. The van der Waals surface area contributed by atoms with Gasteiger partial charge in [-0.2, -0.15) is 0 Å². The molecule has 0 aliphatic carbocycles. The molecule has 6 nitrogen and oxygen atoms in total. The Kier molecular flexibility index (Phi) is 8.66. The van der Waals surface area contributed by atoms with E-state index in [1.165, 1.54) is 0 Å². The molecular formula is C27H32FN3O3S2. The summed E-state index contributed by atoms with van der Waals surface area (Å²) in [5.41, 5.74) is 7.37. The van der Waals surface area contributed by atoms with Crippen LogP contribution in [-0.4, -0.2) is 52.6 Å². The molecule has 1 aliphatic heterocycles. The molecule has 1 fully saturated rings. The third-order valence-corrected chi connectivity index (χ3v) is 8.67. The van der Waals surface area contributed by atoms with Crippen LogP contribution >= 0.6 is 23.6 Å². The van der Waals surface area contributed by atoms with E-state index in [1.807, 2.05) is 23.6 Å². The first-order chi connectivity index (χ1) is 17.3. The van der Waals surface area contributed by atoms with E-state index < -0.39 is 17.6 Å². The number of hydrogen-bond donors (Lipinski definition) is 2. The SMILES string of the molecule is COc1ccc2ncc(CN)c([C@H](F)CCC3(CC(=O)O)CCN(CC(=S)c4cccs4)CC3)c2c1. The number of aromatic nitrogens is 1. The fraction of sp³-hybridized carbons (Fsp3) is 0.444. The number of pyridine rings is 1. The van der Waals surface area contributed by atoms with E-state index in [2.05, 4.69) is 9.88 Å². The zero-order chi connectivity index (χ0) is 25.7. The van der Waals surface area contributed by atoms with E-state index in [9.17, 15) is 9.90 Å². The summed E-state index contributed by atoms with van der Waals surface area (Å²) in [6, 6.07) is 9.43. The quantitative estimate of drug-likeness (QED) is 0.249. The van der Waals surface area contributed by atoms with Crippen LogP contribution in [0.15, 0.2) is 41.9 Å². The van der Waals surface area contributed by atoms with Crippen LogP contribution < -0.4 is 10.5 Å². The van der Waals surface area contributed by atoms with Crippen molar-refractivity contribution in [1.82, 2.24) is 9.88 Å². The summed E-state index contributed by atoms with van der Waals surface area (Å²) in [5, 5.41) is 12.4. The fourth-order valence-corrected chi connectivity index (χ4v) is 6.26. The van der Waals surface area contributed by atoms with Crippen molar-refractivity contribution < 1.29 is 19.0 Å². The van der Waals surface area contributed by atoms with E-state index in [-0.39, 0.29) is 19.4 Å². The highest BCUT2D eigenvalue weighted by Crippen LogP contribution is 2.43. The number of carboxylic acid groups (broad SMARTS) is 1. The van der Waals surface area contributed by atoms with E-state index in [0.717, 1.165) is 22.8 Å². The second-order valence-corrected chi connectivity index (χ2v) is 11.0. The Labute approximate surface area is 220 Å². The van der Waals surface area contributed by atoms with E-state index >= 15 is 4.39 Å². The van der Waals surface area contributed by atoms with Crippen molar-refractivity contribution in [1.29, 1.82) is 0 Å². The first-order valence-corrected chi connectivity index (χ1v) is 13.4. The minimum Gasteiger partial charge on any atom is -0.497 e. The van der Waals surface area contributed by atoms with E-state index in [1.54, 1.807) is 36.8 Å². The van der Waals surface area contributed by atoms with Crippen molar-refractivity contribution in [2.75, 3.05) is 26.7 Å². The molecule has 0 bridgehead atoms. The van der Waals surface area contributed by atoms with Crippen LogP contribution in [0.25, 0.3) is 10.9 Å². The summed E-state index contributed by atoms with van der Waals surface area (Å²) >= 11 is 7.24. The third kappa shape index (κ3) is 6.08. The van der Waals surface area contributed by atoms with Crippen LogP contribution in [0.4, 0.5) is 4.39 Å². The molecule has 3 aromatic rings. The number of alkyl halides is 1. The summed E-state index contributed by atoms with van der Waals surface area (Å²) in [6.45, 7) is 2.36. The number of rotatable bonds is 11. The van der Waals surface area contributed by atoms with Crippen molar-refractivity contribution >= 4 is 45.3 Å². The number of fused-ring (bicyclic) bond motifs is 1. The Bertz CT molecular complexity index is 1210. The Morgan fingerprint density at radius 2 is 2.14 bits per heavy atom. The van der Waals surface area contributed by atoms with Crippen LogP contribution in [0.2, 0.25) is 0 Å². The first kappa shape index (κ1) is 26.6. The molecule has 0 saturated carbocycles. The molecule has 2 aromatic heterocycles. The maximum absolute atomic E-state index is 15.9. The van der Waals surface area contributed by atoms with E-state index in [4.69, 9.17) is 22.7 Å². The average molecular weight is 530 g/mol. The number of aliphatic carboxylic acids is 1. The molecule has 0 radical (unpaired) electrons. The predicted octanol–water partition coefficient (Wildman–Crippen LogP) is 5.53. The lowest BCUT2D eigenvalue weighted by atomic mass is 9.71. The van der Waals surface area contributed by atoms with Gasteiger partial charge in [-0.3, -0.25) is 14.7 Å². The number of thiocarbonyl (C=S) groups is 1. The van der Waals surface area contributed by atoms with Crippen LogP contribution in [0.1, 0.15) is 54.3 Å². The maximum atomic E-state index is 15.9. The van der Waals surface area contributed by atoms with Gasteiger partial charge in [0.2, 0.25) is 0 Å². The number of nitrogens with zero attached hydrogens (tertiary/aromatic N) is 2. The number of carbonyl (C=O) groups is 1. The molecule has 0 unspecified atom stereocenters. The molecule has 1 aromatic carbocycles. The number of ether oxygens (including phenoxy) is 1. The summed E-state index contributed by atoms with van der Waals surface area (Å²) in [5.74, 6) is -0.211. The van der Waals surface area contributed by atoms with Crippen molar-refractivity contribution in [2.45, 2.75) is 44.8 Å². The van der Waals surface area contributed by atoms with Crippen molar-refractivity contribution in [3.05, 3.63) is 57.9 Å². The highest BCUT2D eigenvalue weighted by Gasteiger charge is 2.37. The zero-order valence-corrected chi connectivity index (χ0v) is 22.0. The summed E-state index contributed by atoms with van der Waals surface area (Å²) in [4.78, 5) is 20.5. The summed E-state index contributed by atoms with van der Waals surface area (Å²) in [7, 11) is 1.57. The van der Waals surface area contributed by atoms with Crippen LogP contribution in [0, 0.1) is 5.41 Å². The smallest absolute Gasteiger partial charge is 0.303 e. The Hall–Kier alpha value is -2.46.